The number of rotatable bonds is 10. The van der Waals surface area contributed by atoms with Crippen LogP contribution < -0.4 is 15.4 Å². The van der Waals surface area contributed by atoms with Gasteiger partial charge in [-0.15, -0.1) is 0 Å². The Balaban J connectivity index is 1.50. The third kappa shape index (κ3) is 6.82. The molecule has 0 radical (unpaired) electrons. The molecule has 0 aromatic heterocycles. The zero-order valence-electron chi connectivity index (χ0n) is 21.7. The quantitative estimate of drug-likeness (QED) is 0.393. The maximum atomic E-state index is 13.6. The summed E-state index contributed by atoms with van der Waals surface area (Å²) in [6.07, 6.45) is -0.0813. The highest BCUT2D eigenvalue weighted by Gasteiger charge is 2.45. The minimum Gasteiger partial charge on any atom is -0.486 e. The first-order valence-electron chi connectivity index (χ1n) is 13.0. The predicted molar refractivity (Wildman–Crippen MR) is 140 cm³/mol. The monoisotopic (exact) mass is 550 g/mol. The second kappa shape index (κ2) is 12.9. The molecule has 3 atom stereocenters. The summed E-state index contributed by atoms with van der Waals surface area (Å²) in [5, 5.41) is 16.7. The van der Waals surface area contributed by atoms with Gasteiger partial charge in [-0.1, -0.05) is 36.4 Å². The Bertz CT molecular complexity index is 1270. The molecule has 210 valence electrons. The molecule has 2 aromatic carbocycles. The predicted octanol–water partition coefficient (Wildman–Crippen LogP) is 0.921. The SMILES string of the molecule is O=C(O)C[C@H](NC(=O)[C@@H]1CCCN2C(=O)CC[C@H](NC(=O)c3ccccc3)C(=O)N12)C(=O)COc1ccccc1. The minimum absolute atomic E-state index is 0.0206. The van der Waals surface area contributed by atoms with Crippen molar-refractivity contribution in [2.45, 2.75) is 50.2 Å². The molecular formula is C28H30N4O8. The normalized spacial score (nSPS) is 19.6. The fourth-order valence-electron chi connectivity index (χ4n) is 4.70. The number of Topliss-reactive ketones (excluding diaryl/α,β-unsaturated/α-hetero) is 1. The van der Waals surface area contributed by atoms with Crippen molar-refractivity contribution in [3.05, 3.63) is 66.2 Å². The van der Waals surface area contributed by atoms with Crippen LogP contribution in [0.3, 0.4) is 0 Å². The van der Waals surface area contributed by atoms with Crippen molar-refractivity contribution < 1.29 is 38.6 Å². The second-order valence-electron chi connectivity index (χ2n) is 9.52. The summed E-state index contributed by atoms with van der Waals surface area (Å²) >= 11 is 0. The Hall–Kier alpha value is -4.74. The Labute approximate surface area is 230 Å². The molecule has 12 heteroatoms. The third-order valence-electron chi connectivity index (χ3n) is 6.71. The maximum absolute atomic E-state index is 13.6. The highest BCUT2D eigenvalue weighted by Crippen LogP contribution is 2.25. The number of aliphatic carboxylic acids is 1. The number of fused-ring (bicyclic) bond motifs is 1. The first kappa shape index (κ1) is 28.3. The topological polar surface area (TPSA) is 162 Å². The number of ether oxygens (including phenoxy) is 1. The van der Waals surface area contributed by atoms with Crippen molar-refractivity contribution in [1.29, 1.82) is 0 Å². The number of carboxylic acid groups (broad SMARTS) is 1. The number of hydrogen-bond donors (Lipinski definition) is 3. The van der Waals surface area contributed by atoms with Crippen molar-refractivity contribution in [2.75, 3.05) is 13.2 Å². The summed E-state index contributed by atoms with van der Waals surface area (Å²) < 4.78 is 5.43. The molecule has 2 aromatic rings. The van der Waals surface area contributed by atoms with Crippen LogP contribution in [0.1, 0.15) is 42.5 Å². The van der Waals surface area contributed by atoms with E-state index in [2.05, 4.69) is 10.6 Å². The molecule has 12 nitrogen and oxygen atoms in total. The fraction of sp³-hybridized carbons (Fsp3) is 0.357. The van der Waals surface area contributed by atoms with Crippen LogP contribution in [0.4, 0.5) is 0 Å². The fourth-order valence-corrected chi connectivity index (χ4v) is 4.70. The lowest BCUT2D eigenvalue weighted by molar-refractivity contribution is -0.176. The van der Waals surface area contributed by atoms with Gasteiger partial charge in [0.25, 0.3) is 11.8 Å². The van der Waals surface area contributed by atoms with Gasteiger partial charge >= 0.3 is 5.97 Å². The standard InChI is InChI=1S/C28H30N4O8/c33-23(17-40-19-10-5-2-6-11-19)21(16-25(35)36)30-27(38)22-12-7-15-31-24(34)14-13-20(28(39)32(22)31)29-26(37)18-8-3-1-4-9-18/h1-6,8-11,20-22H,7,12-17H2,(H,29,37)(H,30,38)(H,35,36)/t20-,21-,22-/m0/s1. The number of benzene rings is 2. The maximum Gasteiger partial charge on any atom is 0.305 e. The number of carboxylic acids is 1. The van der Waals surface area contributed by atoms with E-state index < -0.39 is 60.6 Å². The molecular weight excluding hydrogens is 520 g/mol. The van der Waals surface area contributed by atoms with Crippen LogP contribution in [0.15, 0.2) is 60.7 Å². The van der Waals surface area contributed by atoms with E-state index in [1.807, 2.05) is 0 Å². The van der Waals surface area contributed by atoms with E-state index in [1.54, 1.807) is 60.7 Å². The van der Waals surface area contributed by atoms with Gasteiger partial charge in [0.1, 0.15) is 30.5 Å². The zero-order valence-corrected chi connectivity index (χ0v) is 21.7. The number of nitrogens with zero attached hydrogens (tertiary/aromatic N) is 2. The van der Waals surface area contributed by atoms with Gasteiger partial charge in [0.2, 0.25) is 11.8 Å². The molecule has 2 saturated heterocycles. The van der Waals surface area contributed by atoms with Crippen molar-refractivity contribution in [3.63, 3.8) is 0 Å². The van der Waals surface area contributed by atoms with Gasteiger partial charge in [0, 0.05) is 18.5 Å². The molecule has 0 aliphatic carbocycles. The summed E-state index contributed by atoms with van der Waals surface area (Å²) in [7, 11) is 0. The largest absolute Gasteiger partial charge is 0.486 e. The van der Waals surface area contributed by atoms with E-state index in [9.17, 15) is 33.9 Å². The molecule has 2 heterocycles. The lowest BCUT2D eigenvalue weighted by Crippen LogP contribution is -2.64. The Morgan fingerprint density at radius 1 is 0.975 bits per heavy atom. The van der Waals surface area contributed by atoms with E-state index in [0.717, 1.165) is 5.01 Å². The van der Waals surface area contributed by atoms with Gasteiger partial charge in [-0.05, 0) is 43.5 Å². The summed E-state index contributed by atoms with van der Waals surface area (Å²) in [5.41, 5.74) is 0.336. The van der Waals surface area contributed by atoms with Crippen LogP contribution in [0.2, 0.25) is 0 Å². The Kier molecular flexibility index (Phi) is 9.10. The van der Waals surface area contributed by atoms with E-state index in [0.29, 0.717) is 17.7 Å². The summed E-state index contributed by atoms with van der Waals surface area (Å²) in [6, 6.07) is 13.1. The van der Waals surface area contributed by atoms with Crippen LogP contribution in [-0.4, -0.2) is 81.8 Å². The lowest BCUT2D eigenvalue weighted by Gasteiger charge is -2.43. The molecule has 4 amide bonds. The van der Waals surface area contributed by atoms with Crippen LogP contribution in [-0.2, 0) is 24.0 Å². The summed E-state index contributed by atoms with van der Waals surface area (Å²) in [4.78, 5) is 77.0. The second-order valence-corrected chi connectivity index (χ2v) is 9.52. The number of hydrogen-bond acceptors (Lipinski definition) is 7. The smallest absolute Gasteiger partial charge is 0.305 e. The first-order chi connectivity index (χ1) is 19.2. The number of carbonyl (C=O) groups is 6. The van der Waals surface area contributed by atoms with Crippen LogP contribution in [0.5, 0.6) is 5.75 Å². The van der Waals surface area contributed by atoms with Gasteiger partial charge in [0.15, 0.2) is 5.78 Å². The minimum atomic E-state index is -1.42. The molecule has 2 fully saturated rings. The number of amides is 4. The van der Waals surface area contributed by atoms with Crippen molar-refractivity contribution in [2.24, 2.45) is 0 Å². The average molecular weight is 551 g/mol. The molecule has 2 aliphatic heterocycles. The number of para-hydroxylation sites is 1. The van der Waals surface area contributed by atoms with Gasteiger partial charge in [-0.3, -0.25) is 33.8 Å². The van der Waals surface area contributed by atoms with Crippen LogP contribution in [0, 0.1) is 0 Å². The Morgan fingerprint density at radius 3 is 2.33 bits per heavy atom. The molecule has 0 spiro atoms. The molecule has 3 N–H and O–H groups in total. The molecule has 40 heavy (non-hydrogen) atoms. The van der Waals surface area contributed by atoms with Crippen molar-refractivity contribution >= 4 is 35.4 Å². The number of nitrogens with one attached hydrogen (secondary N) is 2. The van der Waals surface area contributed by atoms with Gasteiger partial charge < -0.3 is 20.5 Å². The van der Waals surface area contributed by atoms with E-state index in [1.165, 1.54) is 5.01 Å². The van der Waals surface area contributed by atoms with Gasteiger partial charge in [-0.2, -0.15) is 0 Å². The number of hydrazine groups is 1. The summed E-state index contributed by atoms with van der Waals surface area (Å²) in [5.74, 6) is -3.87. The van der Waals surface area contributed by atoms with Gasteiger partial charge in [0.05, 0.1) is 6.42 Å². The van der Waals surface area contributed by atoms with Crippen molar-refractivity contribution in [1.82, 2.24) is 20.7 Å². The molecule has 0 saturated carbocycles. The highest BCUT2D eigenvalue weighted by atomic mass is 16.5. The first-order valence-corrected chi connectivity index (χ1v) is 13.0. The number of ketones is 1. The van der Waals surface area contributed by atoms with Crippen LogP contribution >= 0.6 is 0 Å². The number of carbonyl (C=O) groups excluding carboxylic acids is 5. The van der Waals surface area contributed by atoms with Crippen LogP contribution in [0.25, 0.3) is 0 Å². The van der Waals surface area contributed by atoms with Crippen molar-refractivity contribution in [3.8, 4) is 5.75 Å². The Morgan fingerprint density at radius 2 is 1.65 bits per heavy atom. The molecule has 4 rings (SSSR count). The van der Waals surface area contributed by atoms with E-state index in [4.69, 9.17) is 4.74 Å². The lowest BCUT2D eigenvalue weighted by atomic mass is 10.0. The van der Waals surface area contributed by atoms with Gasteiger partial charge in [-0.25, -0.2) is 5.01 Å². The highest BCUT2D eigenvalue weighted by molar-refractivity contribution is 6.00. The van der Waals surface area contributed by atoms with E-state index >= 15 is 0 Å². The summed E-state index contributed by atoms with van der Waals surface area (Å²) in [6.45, 7) is -0.274. The zero-order chi connectivity index (χ0) is 28.6. The molecule has 2 aliphatic rings. The average Bonchev–Trinajstić information content (AvgIpc) is 3.08. The molecule has 0 bridgehead atoms. The van der Waals surface area contributed by atoms with E-state index in [-0.39, 0.29) is 31.7 Å². The molecule has 0 unspecified atom stereocenters. The third-order valence-corrected chi connectivity index (χ3v) is 6.71.